The van der Waals surface area contributed by atoms with Gasteiger partial charge >= 0.3 is 0 Å². The number of aromatic amines is 2. The van der Waals surface area contributed by atoms with Crippen LogP contribution in [0.1, 0.15) is 10.5 Å². The molecule has 0 saturated heterocycles. The van der Waals surface area contributed by atoms with Crippen molar-refractivity contribution in [1.82, 2.24) is 10.2 Å². The van der Waals surface area contributed by atoms with Crippen LogP contribution in [0.15, 0.2) is 6.07 Å². The number of H-pyrrole nitrogens is 2. The van der Waals surface area contributed by atoms with E-state index in [1.54, 1.807) is 0 Å². The maximum absolute atomic E-state index is 10.3. The first-order valence-electron chi connectivity index (χ1n) is 2.27. The lowest BCUT2D eigenvalue weighted by atomic mass is 10.4. The number of hydrogen-bond acceptors (Lipinski definition) is 2. The van der Waals surface area contributed by atoms with E-state index in [1.165, 1.54) is 6.07 Å². The molecule has 0 fully saturated rings. The summed E-state index contributed by atoms with van der Waals surface area (Å²) in [4.78, 5) is 10.3. The Kier molecular flexibility index (Phi) is 1.35. The van der Waals surface area contributed by atoms with E-state index in [4.69, 9.17) is 5.73 Å². The number of rotatable bonds is 1. The molecule has 0 atom stereocenters. The molecular formula is C4H5N3OS. The van der Waals surface area contributed by atoms with Gasteiger partial charge in [-0.05, 0) is 0 Å². The molecule has 0 aromatic carbocycles. The van der Waals surface area contributed by atoms with E-state index >= 15 is 0 Å². The molecule has 0 aliphatic heterocycles. The summed E-state index contributed by atoms with van der Waals surface area (Å²) in [6.07, 6.45) is 0. The Morgan fingerprint density at radius 2 is 2.33 bits per heavy atom. The van der Waals surface area contributed by atoms with Gasteiger partial charge < -0.3 is 5.73 Å². The maximum atomic E-state index is 10.3. The van der Waals surface area contributed by atoms with Crippen molar-refractivity contribution in [3.05, 3.63) is 16.4 Å². The van der Waals surface area contributed by atoms with Crippen molar-refractivity contribution in [3.8, 4) is 0 Å². The molecule has 0 aliphatic carbocycles. The highest BCUT2D eigenvalue weighted by Gasteiger charge is 1.98. The van der Waals surface area contributed by atoms with Gasteiger partial charge in [0.25, 0.3) is 5.91 Å². The molecule has 0 saturated carbocycles. The Morgan fingerprint density at radius 3 is 2.56 bits per heavy atom. The fourth-order valence-corrected chi connectivity index (χ4v) is 0.634. The molecule has 48 valence electrons. The zero-order valence-corrected chi connectivity index (χ0v) is 5.29. The molecule has 0 radical (unpaired) electrons. The first-order chi connectivity index (χ1) is 4.20. The average Bonchev–Trinajstić information content (AvgIpc) is 2.14. The first kappa shape index (κ1) is 6.03. The lowest BCUT2D eigenvalue weighted by Gasteiger charge is -1.81. The largest absolute Gasteiger partial charge is 0.364 e. The second-order valence-electron chi connectivity index (χ2n) is 1.54. The number of nitrogens with two attached hydrogens (primary N) is 1. The van der Waals surface area contributed by atoms with Crippen LogP contribution in [0.3, 0.4) is 0 Å². The van der Waals surface area contributed by atoms with Crippen molar-refractivity contribution in [1.29, 1.82) is 0 Å². The van der Waals surface area contributed by atoms with Crippen LogP contribution in [0.5, 0.6) is 0 Å². The van der Waals surface area contributed by atoms with Crippen LogP contribution in [0.4, 0.5) is 0 Å². The highest BCUT2D eigenvalue weighted by Crippen LogP contribution is 1.90. The minimum absolute atomic E-state index is 0.306. The second kappa shape index (κ2) is 2.02. The molecule has 4 nitrogen and oxygen atoms in total. The van der Waals surface area contributed by atoms with E-state index in [1.807, 2.05) is 0 Å². The quantitative estimate of drug-likeness (QED) is 0.490. The minimum atomic E-state index is -0.512. The number of aromatic nitrogens is 2. The Labute approximate surface area is 56.1 Å². The Hall–Kier alpha value is -1.10. The highest BCUT2D eigenvalue weighted by molar-refractivity contribution is 7.71. The van der Waals surface area contributed by atoms with Crippen LogP contribution in [-0.4, -0.2) is 16.1 Å². The third-order valence-corrected chi connectivity index (χ3v) is 1.08. The van der Waals surface area contributed by atoms with E-state index in [-0.39, 0.29) is 0 Å². The van der Waals surface area contributed by atoms with E-state index in [9.17, 15) is 4.79 Å². The van der Waals surface area contributed by atoms with Crippen molar-refractivity contribution in [2.45, 2.75) is 0 Å². The van der Waals surface area contributed by atoms with Gasteiger partial charge in [-0.2, -0.15) is 0 Å². The zero-order valence-electron chi connectivity index (χ0n) is 4.47. The molecule has 1 heterocycles. The van der Waals surface area contributed by atoms with Gasteiger partial charge in [0.2, 0.25) is 0 Å². The Bertz CT molecular complexity index is 273. The molecule has 1 amide bonds. The molecule has 9 heavy (non-hydrogen) atoms. The number of carbonyl (C=O) groups excluding carboxylic acids is 1. The molecule has 1 rings (SSSR count). The average molecular weight is 143 g/mol. The number of amides is 1. The highest BCUT2D eigenvalue weighted by atomic mass is 32.1. The van der Waals surface area contributed by atoms with Crippen molar-refractivity contribution in [2.75, 3.05) is 0 Å². The van der Waals surface area contributed by atoms with E-state index in [0.29, 0.717) is 10.3 Å². The predicted octanol–water partition coefficient (Wildman–Crippen LogP) is 0.171. The van der Waals surface area contributed by atoms with Gasteiger partial charge in [-0.1, -0.05) is 12.2 Å². The molecule has 1 aromatic heterocycles. The summed E-state index contributed by atoms with van der Waals surface area (Å²) in [6, 6.07) is 1.47. The number of carbonyl (C=O) groups is 1. The van der Waals surface area contributed by atoms with Crippen molar-refractivity contribution in [2.24, 2.45) is 5.73 Å². The fourth-order valence-electron chi connectivity index (χ4n) is 0.465. The predicted molar refractivity (Wildman–Crippen MR) is 34.5 cm³/mol. The molecule has 5 heteroatoms. The zero-order chi connectivity index (χ0) is 6.85. The van der Waals surface area contributed by atoms with Crippen molar-refractivity contribution in [3.63, 3.8) is 0 Å². The third-order valence-electron chi connectivity index (χ3n) is 0.861. The van der Waals surface area contributed by atoms with Crippen LogP contribution in [0.25, 0.3) is 0 Å². The number of primary amides is 1. The normalized spacial score (nSPS) is 9.33. The van der Waals surface area contributed by atoms with E-state index < -0.39 is 5.91 Å². The van der Waals surface area contributed by atoms with Gasteiger partial charge in [-0.3, -0.25) is 15.0 Å². The van der Waals surface area contributed by atoms with E-state index in [0.717, 1.165) is 0 Å². The summed E-state index contributed by atoms with van der Waals surface area (Å²) < 4.78 is 0.476. The summed E-state index contributed by atoms with van der Waals surface area (Å²) in [5, 5.41) is 5.04. The Morgan fingerprint density at radius 1 is 1.67 bits per heavy atom. The van der Waals surface area contributed by atoms with E-state index in [2.05, 4.69) is 22.4 Å². The van der Waals surface area contributed by atoms with Gasteiger partial charge in [0.05, 0.1) is 0 Å². The number of hydrogen-bond donors (Lipinski definition) is 3. The summed E-state index contributed by atoms with van der Waals surface area (Å²) in [5.74, 6) is -0.512. The standard InChI is InChI=1S/C4H5N3OS/c5-4(8)2-1-3(9)7-6-2/h1H,(H2,5,8)(H2,6,7,9). The monoisotopic (exact) mass is 143 g/mol. The van der Waals surface area contributed by atoms with Crippen LogP contribution in [0.2, 0.25) is 0 Å². The molecule has 0 unspecified atom stereocenters. The lowest BCUT2D eigenvalue weighted by molar-refractivity contribution is 0.0995. The molecule has 0 aliphatic rings. The topological polar surface area (TPSA) is 74.7 Å². The summed E-state index contributed by atoms with van der Waals surface area (Å²) in [7, 11) is 0. The van der Waals surface area contributed by atoms with Gasteiger partial charge in [-0.15, -0.1) is 0 Å². The molecule has 0 spiro atoms. The van der Waals surface area contributed by atoms with Gasteiger partial charge in [0.15, 0.2) is 0 Å². The second-order valence-corrected chi connectivity index (χ2v) is 1.98. The van der Waals surface area contributed by atoms with Gasteiger partial charge in [-0.25, -0.2) is 0 Å². The summed E-state index contributed by atoms with van der Waals surface area (Å²) >= 11 is 4.66. The maximum Gasteiger partial charge on any atom is 0.266 e. The van der Waals surface area contributed by atoms with Crippen molar-refractivity contribution < 1.29 is 4.79 Å². The molecule has 4 N–H and O–H groups in total. The van der Waals surface area contributed by atoms with Gasteiger partial charge in [0.1, 0.15) is 10.3 Å². The van der Waals surface area contributed by atoms with Gasteiger partial charge in [0, 0.05) is 6.07 Å². The first-order valence-corrected chi connectivity index (χ1v) is 2.68. The summed E-state index contributed by atoms with van der Waals surface area (Å²) in [5.41, 5.74) is 5.20. The SMILES string of the molecule is NC(=O)c1cc(=S)[nH][nH]1. The fraction of sp³-hybridized carbons (Fsp3) is 0. The molecule has 1 aromatic rings. The van der Waals surface area contributed by atoms with Crippen LogP contribution in [0, 0.1) is 4.64 Å². The Balaban J connectivity index is 3.12. The number of nitrogens with one attached hydrogen (secondary N) is 2. The summed E-state index contributed by atoms with van der Waals surface area (Å²) in [6.45, 7) is 0. The smallest absolute Gasteiger partial charge is 0.266 e. The van der Waals surface area contributed by atoms with Crippen LogP contribution >= 0.6 is 12.2 Å². The minimum Gasteiger partial charge on any atom is -0.364 e. The third kappa shape index (κ3) is 1.17. The van der Waals surface area contributed by atoms with Crippen molar-refractivity contribution >= 4 is 18.1 Å². The van der Waals surface area contributed by atoms with Crippen LogP contribution < -0.4 is 5.73 Å². The molecular weight excluding hydrogens is 138 g/mol. The molecule has 0 bridgehead atoms. The lowest BCUT2D eigenvalue weighted by Crippen LogP contribution is -2.10. The van der Waals surface area contributed by atoms with Crippen LogP contribution in [-0.2, 0) is 0 Å².